The molecule has 0 bridgehead atoms. The van der Waals surface area contributed by atoms with Crippen LogP contribution in [0.5, 0.6) is 0 Å². The molecule has 10 rings (SSSR count). The van der Waals surface area contributed by atoms with E-state index in [0.29, 0.717) is 29.1 Å². The minimum Gasteiger partial charge on any atom is -0.438 e. The molecule has 0 spiro atoms. The number of nitrogens with one attached hydrogen (secondary N) is 2. The summed E-state index contributed by atoms with van der Waals surface area (Å²) >= 11 is 0. The second kappa shape index (κ2) is 41.3. The lowest BCUT2D eigenvalue weighted by Crippen LogP contribution is -2.16. The van der Waals surface area contributed by atoms with Crippen LogP contribution in [0, 0.1) is 145 Å². The highest BCUT2D eigenvalue weighted by atomic mass is 16.5. The van der Waals surface area contributed by atoms with E-state index >= 15 is 0 Å². The van der Waals surface area contributed by atoms with Gasteiger partial charge in [-0.25, -0.2) is 29.9 Å². The van der Waals surface area contributed by atoms with Crippen LogP contribution in [-0.4, -0.2) is 80.8 Å². The number of allylic oxidation sites excluding steroid dienone is 6. The monoisotopic (exact) mass is 1490 g/mol. The first kappa shape index (κ1) is 97.5. The highest BCUT2D eigenvalue weighted by Gasteiger charge is 2.27. The Labute approximate surface area is 668 Å². The fraction of sp³-hybridized carbons (Fsp3) is 0.474. The van der Waals surface area contributed by atoms with Crippen LogP contribution in [0.15, 0.2) is 117 Å². The first-order valence-electron chi connectivity index (χ1n) is 36.6. The van der Waals surface area contributed by atoms with Crippen molar-refractivity contribution in [1.29, 1.82) is 0 Å². The number of aromatic nitrogens is 9. The van der Waals surface area contributed by atoms with E-state index in [1.807, 2.05) is 50.7 Å². The standard InChI is InChI=1S/C10H14N2.4C10H13N.2C9H12N2.3C9H11NO/c1-6-9-11-7-8(12(9)5)10(2,3)4;1-5-9-6-8(7-11-9)10(2,3)4;1-5-9-8(6-7-11-9)10(2,3)4;2*1-5-8-6-7-9(11-8)10(2,3)4;1-5-8-10-6-7(11-8)9(2,3)4;1-5-7-6-8(11-10-7)9(2,3)4;1-5-8-10-7(6-11-8)9(2,3)4;1-5-8-10-6-7(11-8)9(2,3)4;1-5-8-7(6-11-10-8)9(2,3)4/h1,7H,2-5H3;2*1,6H,7H2,2-4H3;2*1,7H,6H2,2-4H3;2*1,6H,2-4H3,(H,10,11);3*1,6H,2-4H3. The summed E-state index contributed by atoms with van der Waals surface area (Å²) in [5.74, 6) is 27.8. The van der Waals surface area contributed by atoms with Gasteiger partial charge < -0.3 is 22.9 Å². The predicted molar refractivity (Wildman–Crippen MR) is 464 cm³/mol. The number of aromatic amines is 2. The molecule has 6 aromatic heterocycles. The van der Waals surface area contributed by atoms with Crippen LogP contribution in [0.3, 0.4) is 0 Å². The largest absolute Gasteiger partial charge is 0.438 e. The zero-order valence-corrected chi connectivity index (χ0v) is 72.5. The molecule has 0 aromatic carbocycles. The molecular formula is C95H123N13O3. The molecule has 0 saturated heterocycles. The molecule has 0 saturated carbocycles. The number of rotatable bonds is 0. The van der Waals surface area contributed by atoms with E-state index in [0.717, 1.165) is 100.0 Å². The summed E-state index contributed by atoms with van der Waals surface area (Å²) in [6, 6.07) is 1.90. The van der Waals surface area contributed by atoms with Gasteiger partial charge in [0.1, 0.15) is 35.4 Å². The van der Waals surface area contributed by atoms with Gasteiger partial charge in [-0.15, -0.1) is 64.2 Å². The van der Waals surface area contributed by atoms with Crippen LogP contribution in [0.4, 0.5) is 0 Å². The Kier molecular flexibility index (Phi) is 36.3. The van der Waals surface area contributed by atoms with Gasteiger partial charge in [0.2, 0.25) is 0 Å². The van der Waals surface area contributed by atoms with Crippen LogP contribution in [0.1, 0.15) is 289 Å². The van der Waals surface area contributed by atoms with Crippen molar-refractivity contribution in [2.45, 2.75) is 253 Å². The molecule has 2 N–H and O–H groups in total. The smallest absolute Gasteiger partial charge is 0.273 e. The molecule has 0 fully saturated rings. The number of terminal acetylenes is 10. The van der Waals surface area contributed by atoms with Crippen molar-refractivity contribution in [3.8, 4) is 123 Å². The summed E-state index contributed by atoms with van der Waals surface area (Å²) in [5, 5.41) is 10.6. The van der Waals surface area contributed by atoms with Gasteiger partial charge in [-0.1, -0.05) is 261 Å². The summed E-state index contributed by atoms with van der Waals surface area (Å²) < 4.78 is 17.0. The average molecular weight is 1500 g/mol. The molecule has 0 radical (unpaired) electrons. The van der Waals surface area contributed by atoms with Crippen LogP contribution in [0.2, 0.25) is 0 Å². The molecule has 4 aliphatic rings. The highest BCUT2D eigenvalue weighted by Crippen LogP contribution is 2.33. The summed E-state index contributed by atoms with van der Waals surface area (Å²) in [7, 11) is 1.95. The Morgan fingerprint density at radius 1 is 0.468 bits per heavy atom. The summed E-state index contributed by atoms with van der Waals surface area (Å²) in [4.78, 5) is 36.2. The second-order valence-electron chi connectivity index (χ2n) is 36.3. The van der Waals surface area contributed by atoms with Crippen molar-refractivity contribution in [3.63, 3.8) is 0 Å². The van der Waals surface area contributed by atoms with Crippen molar-refractivity contribution >= 4 is 22.8 Å². The topological polar surface area (TPSA) is 203 Å². The molecule has 4 aliphatic heterocycles. The van der Waals surface area contributed by atoms with Crippen molar-refractivity contribution in [3.05, 3.63) is 153 Å². The van der Waals surface area contributed by atoms with Gasteiger partial charge in [0.05, 0.1) is 48.3 Å². The molecule has 586 valence electrons. The molecular weight excluding hydrogens is 1370 g/mol. The third kappa shape index (κ3) is 33.9. The van der Waals surface area contributed by atoms with Gasteiger partial charge in [-0.2, -0.15) is 5.10 Å². The van der Waals surface area contributed by atoms with Gasteiger partial charge in [-0.3, -0.25) is 15.1 Å². The molecule has 16 nitrogen and oxygen atoms in total. The zero-order chi connectivity index (χ0) is 85.7. The van der Waals surface area contributed by atoms with Crippen molar-refractivity contribution in [2.75, 3.05) is 13.1 Å². The van der Waals surface area contributed by atoms with Crippen LogP contribution >= 0.6 is 0 Å². The lowest BCUT2D eigenvalue weighted by atomic mass is 9.84. The van der Waals surface area contributed by atoms with E-state index in [2.05, 4.69) is 325 Å². The SMILES string of the molecule is C#CC1=NC(C(C)(C)C)=CC1.C#CC1=NC(C(C)(C)C)=CC1.C#CC1=NCC(C(C)(C)C)=C1.C#CC1=NCC=C1C(C)(C)C.C#Cc1cc(C(C)(C)C)n[nH]1.C#Cc1nc(C(C)(C)C)co1.C#Cc1ncc(C(C)(C)C)[nH]1.C#Cc1ncc(C(C)(C)C)n1C.C#Cc1ncc(C(C)(C)C)o1.C#Cc1nocc1C(C)(C)C. The third-order valence-electron chi connectivity index (χ3n) is 16.1. The van der Waals surface area contributed by atoms with Gasteiger partial charge >= 0.3 is 0 Å². The van der Waals surface area contributed by atoms with Crippen molar-refractivity contribution in [2.24, 2.45) is 48.7 Å². The Morgan fingerprint density at radius 2 is 1.02 bits per heavy atom. The first-order valence-corrected chi connectivity index (χ1v) is 36.6. The Morgan fingerprint density at radius 3 is 1.28 bits per heavy atom. The number of oxazole rings is 2. The predicted octanol–water partition coefficient (Wildman–Crippen LogP) is 19.8. The maximum Gasteiger partial charge on any atom is 0.273 e. The number of nitrogens with zero attached hydrogens (tertiary/aromatic N) is 11. The first-order chi connectivity index (χ1) is 50.8. The molecule has 16 heteroatoms. The van der Waals surface area contributed by atoms with E-state index < -0.39 is 0 Å². The van der Waals surface area contributed by atoms with Crippen molar-refractivity contribution < 1.29 is 13.4 Å². The molecule has 6 aromatic rings. The zero-order valence-electron chi connectivity index (χ0n) is 72.5. The Hall–Kier alpha value is -11.5. The maximum atomic E-state index is 5.30. The number of H-pyrrole nitrogens is 2. The number of hydrogen-bond acceptors (Lipinski definition) is 13. The number of hydrogen-bond donors (Lipinski definition) is 2. The highest BCUT2D eigenvalue weighted by molar-refractivity contribution is 6.14. The summed E-state index contributed by atoms with van der Waals surface area (Å²) in [5.41, 5.74) is 15.5. The van der Waals surface area contributed by atoms with Gasteiger partial charge in [0.25, 0.3) is 11.8 Å². The second-order valence-corrected chi connectivity index (χ2v) is 36.3. The van der Waals surface area contributed by atoms with E-state index in [1.54, 1.807) is 24.9 Å². The number of imidazole rings is 2. The third-order valence-corrected chi connectivity index (χ3v) is 16.1. The summed E-state index contributed by atoms with van der Waals surface area (Å²) in [6.07, 6.45) is 70.5. The fourth-order valence-electron chi connectivity index (χ4n) is 9.19. The van der Waals surface area contributed by atoms with E-state index in [9.17, 15) is 0 Å². The molecule has 10 heterocycles. The normalized spacial score (nSPS) is 13.6. The lowest BCUT2D eigenvalue weighted by molar-refractivity contribution is 0.402. The van der Waals surface area contributed by atoms with Gasteiger partial charge in [-0.05, 0) is 69.1 Å². The summed E-state index contributed by atoms with van der Waals surface area (Å²) in [6.45, 7) is 65.0. The molecule has 111 heavy (non-hydrogen) atoms. The van der Waals surface area contributed by atoms with Gasteiger partial charge in [0.15, 0.2) is 17.3 Å². The van der Waals surface area contributed by atoms with Crippen molar-refractivity contribution in [1.82, 2.24) is 44.8 Å². The molecule has 0 aliphatic carbocycles. The maximum absolute atomic E-state index is 5.30. The Balaban J connectivity index is 0.000000617. The lowest BCUT2D eigenvalue weighted by Gasteiger charge is -2.19. The van der Waals surface area contributed by atoms with Crippen LogP contribution < -0.4 is 0 Å². The fourth-order valence-corrected chi connectivity index (χ4v) is 9.19. The van der Waals surface area contributed by atoms with E-state index in [1.165, 1.54) is 11.1 Å². The average Bonchev–Trinajstić information content (AvgIpc) is 1.69. The molecule has 0 unspecified atom stereocenters. The van der Waals surface area contributed by atoms with E-state index in [4.69, 9.17) is 77.6 Å². The molecule has 0 atom stereocenters. The van der Waals surface area contributed by atoms with E-state index in [-0.39, 0.29) is 54.1 Å². The van der Waals surface area contributed by atoms with Crippen LogP contribution in [-0.2, 0) is 39.5 Å². The van der Waals surface area contributed by atoms with Gasteiger partial charge in [0, 0.05) is 92.3 Å². The molecule has 0 amide bonds. The quantitative estimate of drug-likeness (QED) is 0.139. The minimum absolute atomic E-state index is 0.0118. The Bertz CT molecular complexity index is 4490. The van der Waals surface area contributed by atoms with Crippen LogP contribution in [0.25, 0.3) is 0 Å². The number of aliphatic imine (C=N–C) groups is 4. The minimum atomic E-state index is -0.0118.